The van der Waals surface area contributed by atoms with E-state index in [0.717, 1.165) is 50.9 Å². The number of aliphatic hydroxyl groups is 1. The number of fused-ring (bicyclic) bond motifs is 1. The molecule has 4 atom stereocenters. The topological polar surface area (TPSA) is 102 Å². The van der Waals surface area contributed by atoms with Crippen LogP contribution in [-0.4, -0.2) is 71.0 Å². The Bertz CT molecular complexity index is 1290. The van der Waals surface area contributed by atoms with E-state index in [0.29, 0.717) is 44.1 Å². The van der Waals surface area contributed by atoms with Crippen molar-refractivity contribution in [2.75, 3.05) is 20.1 Å². The van der Waals surface area contributed by atoms with Crippen LogP contribution < -0.4 is 10.6 Å². The minimum atomic E-state index is -0.730. The maximum atomic E-state index is 14.0. The lowest BCUT2D eigenvalue weighted by atomic mass is 9.83. The van der Waals surface area contributed by atoms with Crippen LogP contribution in [0, 0.1) is 17.8 Å². The second-order valence-corrected chi connectivity index (χ2v) is 15.1. The summed E-state index contributed by atoms with van der Waals surface area (Å²) in [5.41, 5.74) is 3.66. The molecule has 49 heavy (non-hydrogen) atoms. The van der Waals surface area contributed by atoms with E-state index in [-0.39, 0.29) is 30.2 Å². The van der Waals surface area contributed by atoms with Gasteiger partial charge in [-0.1, -0.05) is 114 Å². The van der Waals surface area contributed by atoms with Crippen molar-refractivity contribution in [3.63, 3.8) is 0 Å². The number of amides is 3. The molecule has 1 unspecified atom stereocenters. The molecule has 0 radical (unpaired) electrons. The molecule has 1 aliphatic heterocycles. The highest BCUT2D eigenvalue weighted by Crippen LogP contribution is 2.29. The first-order valence-electron chi connectivity index (χ1n) is 19.0. The molecular weight excluding hydrogens is 612 g/mol. The monoisotopic (exact) mass is 674 g/mol. The van der Waals surface area contributed by atoms with Crippen molar-refractivity contribution in [3.05, 3.63) is 71.3 Å². The standard InChI is InChI=1S/C41H62N4O4/c1-5-14-36(41(49)43-37(38(46)22-21-30(2)3)26-32-17-10-7-11-18-32)42-40(48)35(25-31-15-8-6-9-16-31)27-39(47)44(4)23-24-45-28-33-19-12-13-20-34(33)29-45/h6,8-9,12-13,15-16,19-20,30,32,35-38,46H,5,7,10-11,14,17-18,21-29H2,1-4H3,(H,42,48)(H,43,49)/t35-,36+,37?,38+/m1/s1. The van der Waals surface area contributed by atoms with E-state index in [4.69, 9.17) is 0 Å². The number of rotatable bonds is 19. The van der Waals surface area contributed by atoms with Gasteiger partial charge in [0.1, 0.15) is 6.04 Å². The van der Waals surface area contributed by atoms with E-state index < -0.39 is 18.1 Å². The summed E-state index contributed by atoms with van der Waals surface area (Å²) >= 11 is 0. The van der Waals surface area contributed by atoms with Gasteiger partial charge in [0, 0.05) is 39.6 Å². The summed E-state index contributed by atoms with van der Waals surface area (Å²) in [6.45, 7) is 9.40. The third-order valence-electron chi connectivity index (χ3n) is 10.6. The fraction of sp³-hybridized carbons (Fsp3) is 0.634. The summed E-state index contributed by atoms with van der Waals surface area (Å²) in [5, 5.41) is 17.5. The van der Waals surface area contributed by atoms with Gasteiger partial charge in [-0.25, -0.2) is 0 Å². The zero-order chi connectivity index (χ0) is 35.2. The predicted molar refractivity (Wildman–Crippen MR) is 196 cm³/mol. The molecule has 0 aromatic heterocycles. The predicted octanol–water partition coefficient (Wildman–Crippen LogP) is 6.25. The van der Waals surface area contributed by atoms with Gasteiger partial charge in [0.15, 0.2) is 0 Å². The van der Waals surface area contributed by atoms with Crippen LogP contribution in [0.15, 0.2) is 54.6 Å². The number of hydrogen-bond donors (Lipinski definition) is 3. The maximum absolute atomic E-state index is 14.0. The first kappa shape index (κ1) is 38.6. The third kappa shape index (κ3) is 12.6. The first-order valence-corrected chi connectivity index (χ1v) is 19.0. The van der Waals surface area contributed by atoms with Gasteiger partial charge in [0.25, 0.3) is 0 Å². The number of carbonyl (C=O) groups is 3. The zero-order valence-electron chi connectivity index (χ0n) is 30.5. The molecule has 4 rings (SSSR count). The van der Waals surface area contributed by atoms with E-state index in [1.165, 1.54) is 30.4 Å². The normalized spacial score (nSPS) is 17.6. The van der Waals surface area contributed by atoms with Gasteiger partial charge in [0.05, 0.1) is 18.1 Å². The lowest BCUT2D eigenvalue weighted by Gasteiger charge is -2.32. The van der Waals surface area contributed by atoms with Crippen LogP contribution in [0.1, 0.15) is 108 Å². The van der Waals surface area contributed by atoms with Crippen LogP contribution in [0.25, 0.3) is 0 Å². The molecule has 1 aliphatic carbocycles. The van der Waals surface area contributed by atoms with Crippen LogP contribution in [0.5, 0.6) is 0 Å². The van der Waals surface area contributed by atoms with E-state index >= 15 is 0 Å². The van der Waals surface area contributed by atoms with Gasteiger partial charge in [-0.15, -0.1) is 0 Å². The van der Waals surface area contributed by atoms with Crippen molar-refractivity contribution < 1.29 is 19.5 Å². The van der Waals surface area contributed by atoms with Gasteiger partial charge in [-0.05, 0) is 60.6 Å². The number of benzene rings is 2. The van der Waals surface area contributed by atoms with Crippen molar-refractivity contribution >= 4 is 17.7 Å². The fourth-order valence-electron chi connectivity index (χ4n) is 7.43. The van der Waals surface area contributed by atoms with E-state index in [1.54, 1.807) is 4.90 Å². The lowest BCUT2D eigenvalue weighted by Crippen LogP contribution is -2.54. The quantitative estimate of drug-likeness (QED) is 0.164. The molecule has 2 aliphatic rings. The highest BCUT2D eigenvalue weighted by atomic mass is 16.3. The Morgan fingerprint density at radius 3 is 2.16 bits per heavy atom. The SMILES string of the molecule is CCC[C@H](NC(=O)[C@@H](CC(=O)N(C)CCN1Cc2ccccc2C1)Cc1ccccc1)C(=O)NC(CC1CCCCC1)[C@@H](O)CCC(C)C. The van der Waals surface area contributed by atoms with Gasteiger partial charge in [0.2, 0.25) is 17.7 Å². The highest BCUT2D eigenvalue weighted by molar-refractivity contribution is 5.91. The minimum absolute atomic E-state index is 0.0656. The fourth-order valence-corrected chi connectivity index (χ4v) is 7.43. The number of likely N-dealkylation sites (N-methyl/N-ethyl adjacent to an activating group) is 1. The molecule has 270 valence electrons. The Morgan fingerprint density at radius 2 is 1.53 bits per heavy atom. The van der Waals surface area contributed by atoms with Crippen molar-refractivity contribution in [2.24, 2.45) is 17.8 Å². The number of hydrogen-bond acceptors (Lipinski definition) is 5. The molecule has 3 N–H and O–H groups in total. The van der Waals surface area contributed by atoms with Crippen LogP contribution in [0.2, 0.25) is 0 Å². The average Bonchev–Trinajstić information content (AvgIpc) is 3.52. The Kier molecular flexibility index (Phi) is 15.6. The van der Waals surface area contributed by atoms with Gasteiger partial charge in [-0.3, -0.25) is 19.3 Å². The summed E-state index contributed by atoms with van der Waals surface area (Å²) in [6, 6.07) is 17.2. The molecule has 1 fully saturated rings. The van der Waals surface area contributed by atoms with Crippen LogP contribution >= 0.6 is 0 Å². The molecule has 2 aromatic rings. The number of nitrogens with one attached hydrogen (secondary N) is 2. The van der Waals surface area contributed by atoms with Crippen LogP contribution in [0.3, 0.4) is 0 Å². The summed E-state index contributed by atoms with van der Waals surface area (Å²) in [4.78, 5) is 45.5. The Hall–Kier alpha value is -3.23. The second-order valence-electron chi connectivity index (χ2n) is 15.1. The molecule has 1 saturated carbocycles. The average molecular weight is 675 g/mol. The molecule has 8 heteroatoms. The zero-order valence-corrected chi connectivity index (χ0v) is 30.5. The van der Waals surface area contributed by atoms with Gasteiger partial charge in [-0.2, -0.15) is 0 Å². The summed E-state index contributed by atoms with van der Waals surface area (Å²) in [6.07, 6.45) is 9.26. The molecule has 0 bridgehead atoms. The van der Waals surface area contributed by atoms with E-state index in [2.05, 4.69) is 53.6 Å². The Morgan fingerprint density at radius 1 is 0.878 bits per heavy atom. The third-order valence-corrected chi connectivity index (χ3v) is 10.6. The van der Waals surface area contributed by atoms with Crippen molar-refractivity contribution in [3.8, 4) is 0 Å². The van der Waals surface area contributed by atoms with Crippen molar-refractivity contribution in [1.29, 1.82) is 0 Å². The number of nitrogens with zero attached hydrogens (tertiary/aromatic N) is 2. The summed E-state index contributed by atoms with van der Waals surface area (Å²) < 4.78 is 0. The molecule has 2 aromatic carbocycles. The van der Waals surface area contributed by atoms with Crippen LogP contribution in [-0.2, 0) is 33.9 Å². The van der Waals surface area contributed by atoms with E-state index in [9.17, 15) is 19.5 Å². The lowest BCUT2D eigenvalue weighted by molar-refractivity contribution is -0.137. The van der Waals surface area contributed by atoms with Crippen molar-refractivity contribution in [1.82, 2.24) is 20.4 Å². The van der Waals surface area contributed by atoms with Crippen LogP contribution in [0.4, 0.5) is 0 Å². The van der Waals surface area contributed by atoms with E-state index in [1.807, 2.05) is 44.3 Å². The minimum Gasteiger partial charge on any atom is -0.391 e. The van der Waals surface area contributed by atoms with Gasteiger partial charge >= 0.3 is 0 Å². The smallest absolute Gasteiger partial charge is 0.242 e. The molecule has 1 heterocycles. The molecule has 8 nitrogen and oxygen atoms in total. The second kappa shape index (κ2) is 19.8. The highest BCUT2D eigenvalue weighted by Gasteiger charge is 2.32. The summed E-state index contributed by atoms with van der Waals surface area (Å²) in [7, 11) is 1.81. The van der Waals surface area contributed by atoms with Crippen molar-refractivity contribution in [2.45, 2.75) is 129 Å². The number of carbonyl (C=O) groups excluding carboxylic acids is 3. The first-order chi connectivity index (χ1) is 23.6. The number of aliphatic hydroxyl groups excluding tert-OH is 1. The van der Waals surface area contributed by atoms with Gasteiger partial charge < -0.3 is 20.6 Å². The molecule has 0 saturated heterocycles. The molecule has 0 spiro atoms. The molecule has 3 amide bonds. The maximum Gasteiger partial charge on any atom is 0.242 e. The Labute approximate surface area is 295 Å². The largest absolute Gasteiger partial charge is 0.391 e. The Balaban J connectivity index is 1.40. The molecular formula is C41H62N4O4. The summed E-state index contributed by atoms with van der Waals surface area (Å²) in [5.74, 6) is -0.258.